The number of carbonyl (C=O) groups excluding carboxylic acids is 1. The van der Waals surface area contributed by atoms with E-state index in [-0.39, 0.29) is 17.4 Å². The van der Waals surface area contributed by atoms with E-state index in [2.05, 4.69) is 17.4 Å². The van der Waals surface area contributed by atoms with Crippen LogP contribution in [0.5, 0.6) is 0 Å². The predicted octanol–water partition coefficient (Wildman–Crippen LogP) is 5.42. The summed E-state index contributed by atoms with van der Waals surface area (Å²) in [6.45, 7) is 3.94. The first-order valence-electron chi connectivity index (χ1n) is 12.6. The summed E-state index contributed by atoms with van der Waals surface area (Å²) in [5, 5.41) is 3.84. The van der Waals surface area contributed by atoms with Gasteiger partial charge in [0, 0.05) is 40.8 Å². The second kappa shape index (κ2) is 8.29. The van der Waals surface area contributed by atoms with Crippen LogP contribution in [0.15, 0.2) is 52.0 Å². The summed E-state index contributed by atoms with van der Waals surface area (Å²) in [6.07, 6.45) is 5.68. The Bertz CT molecular complexity index is 1360. The highest BCUT2D eigenvalue weighted by molar-refractivity contribution is 6.41. The molecule has 2 aromatic rings. The van der Waals surface area contributed by atoms with Crippen molar-refractivity contribution in [2.45, 2.75) is 64.1 Å². The maximum atomic E-state index is 13.4. The summed E-state index contributed by atoms with van der Waals surface area (Å²) in [7, 11) is 1.79. The van der Waals surface area contributed by atoms with E-state index >= 15 is 0 Å². The molecule has 7 heteroatoms. The third kappa shape index (κ3) is 3.38. The number of nitrogens with zero attached hydrogens (tertiary/aromatic N) is 2. The molecule has 2 aromatic carbocycles. The average molecular weight is 503 g/mol. The summed E-state index contributed by atoms with van der Waals surface area (Å²) in [6, 6.07) is 12.0. The third-order valence-corrected chi connectivity index (χ3v) is 9.02. The number of benzene rings is 2. The van der Waals surface area contributed by atoms with Gasteiger partial charge in [0.25, 0.3) is 5.91 Å². The van der Waals surface area contributed by atoms with Crippen molar-refractivity contribution in [2.75, 3.05) is 12.4 Å². The van der Waals surface area contributed by atoms with E-state index in [9.17, 15) is 4.79 Å². The SMILES string of the molecule is COC1CCC2(CC1)Cc1ccc(NC(=O)C3=C(C)c4ccc(Cl)cc4C3)cc1C21N=C(C)C(N)=N1. The van der Waals surface area contributed by atoms with Crippen molar-refractivity contribution in [1.29, 1.82) is 0 Å². The lowest BCUT2D eigenvalue weighted by Crippen LogP contribution is -2.43. The number of hydrogen-bond acceptors (Lipinski definition) is 5. The molecule has 0 aromatic heterocycles. The Morgan fingerprint density at radius 1 is 1.11 bits per heavy atom. The number of ether oxygens (including phenoxy) is 1. The molecule has 1 fully saturated rings. The number of allylic oxidation sites excluding steroid dienone is 1. The molecule has 3 N–H and O–H groups in total. The topological polar surface area (TPSA) is 89.1 Å². The smallest absolute Gasteiger partial charge is 0.252 e. The van der Waals surface area contributed by atoms with Gasteiger partial charge in [-0.1, -0.05) is 23.7 Å². The van der Waals surface area contributed by atoms with Crippen molar-refractivity contribution in [2.24, 2.45) is 21.1 Å². The van der Waals surface area contributed by atoms with Gasteiger partial charge in [-0.25, -0.2) is 4.99 Å². The number of nitrogens with one attached hydrogen (secondary N) is 1. The largest absolute Gasteiger partial charge is 0.382 e. The number of hydrogen-bond donors (Lipinski definition) is 2. The average Bonchev–Trinajstić information content (AvgIpc) is 3.44. The zero-order valence-electron chi connectivity index (χ0n) is 21.0. The van der Waals surface area contributed by atoms with Gasteiger partial charge < -0.3 is 15.8 Å². The fraction of sp³-hybridized carbons (Fsp3) is 0.414. The number of anilines is 1. The predicted molar refractivity (Wildman–Crippen MR) is 145 cm³/mol. The molecule has 0 bridgehead atoms. The van der Waals surface area contributed by atoms with Crippen LogP contribution in [0.3, 0.4) is 0 Å². The second-order valence-electron chi connectivity index (χ2n) is 10.7. The summed E-state index contributed by atoms with van der Waals surface area (Å²) in [5.41, 5.74) is 13.2. The summed E-state index contributed by atoms with van der Waals surface area (Å²) in [5.74, 6) is 0.421. The van der Waals surface area contributed by atoms with E-state index < -0.39 is 5.66 Å². The highest BCUT2D eigenvalue weighted by atomic mass is 35.5. The summed E-state index contributed by atoms with van der Waals surface area (Å²) in [4.78, 5) is 23.5. The molecule has 6 nitrogen and oxygen atoms in total. The number of rotatable bonds is 3. The summed E-state index contributed by atoms with van der Waals surface area (Å²) < 4.78 is 5.66. The fourth-order valence-corrected chi connectivity index (χ4v) is 6.96. The number of amides is 1. The van der Waals surface area contributed by atoms with Gasteiger partial charge in [-0.2, -0.15) is 0 Å². The lowest BCUT2D eigenvalue weighted by Gasteiger charge is -2.44. The molecule has 2 spiro atoms. The van der Waals surface area contributed by atoms with Gasteiger partial charge in [0.1, 0.15) is 5.84 Å². The van der Waals surface area contributed by atoms with Crippen LogP contribution < -0.4 is 11.1 Å². The fourth-order valence-electron chi connectivity index (χ4n) is 6.77. The van der Waals surface area contributed by atoms with Gasteiger partial charge in [-0.05, 0) is 92.5 Å². The molecule has 1 heterocycles. The van der Waals surface area contributed by atoms with Crippen LogP contribution in [-0.2, 0) is 28.0 Å². The first-order valence-corrected chi connectivity index (χ1v) is 13.0. The normalized spacial score (nSPS) is 28.4. The number of halogens is 1. The van der Waals surface area contributed by atoms with Crippen molar-refractivity contribution in [3.8, 4) is 0 Å². The Morgan fingerprint density at radius 2 is 1.89 bits per heavy atom. The number of methoxy groups -OCH3 is 1. The van der Waals surface area contributed by atoms with Gasteiger partial charge in [0.05, 0.1) is 11.8 Å². The molecular weight excluding hydrogens is 472 g/mol. The zero-order chi connectivity index (χ0) is 25.2. The lowest BCUT2D eigenvalue weighted by molar-refractivity contribution is -0.112. The van der Waals surface area contributed by atoms with E-state index in [1.165, 1.54) is 5.56 Å². The zero-order valence-corrected chi connectivity index (χ0v) is 21.7. The maximum Gasteiger partial charge on any atom is 0.252 e. The summed E-state index contributed by atoms with van der Waals surface area (Å²) >= 11 is 6.18. The molecule has 1 unspecified atom stereocenters. The molecule has 4 aliphatic rings. The van der Waals surface area contributed by atoms with Crippen LogP contribution in [0.2, 0.25) is 5.02 Å². The van der Waals surface area contributed by atoms with Crippen LogP contribution in [0.25, 0.3) is 5.57 Å². The van der Waals surface area contributed by atoms with E-state index in [1.54, 1.807) is 7.11 Å². The minimum absolute atomic E-state index is 0.0868. The number of aliphatic imine (C=N–C) groups is 2. The number of nitrogens with two attached hydrogens (primary N) is 1. The molecule has 186 valence electrons. The molecule has 1 saturated carbocycles. The minimum atomic E-state index is -0.731. The van der Waals surface area contributed by atoms with Crippen molar-refractivity contribution < 1.29 is 9.53 Å². The molecule has 36 heavy (non-hydrogen) atoms. The maximum absolute atomic E-state index is 13.4. The van der Waals surface area contributed by atoms with E-state index in [0.717, 1.165) is 71.3 Å². The number of fused-ring (bicyclic) bond motifs is 4. The highest BCUT2D eigenvalue weighted by Gasteiger charge is 2.60. The number of amidine groups is 1. The van der Waals surface area contributed by atoms with Gasteiger partial charge in [-0.15, -0.1) is 0 Å². The van der Waals surface area contributed by atoms with Crippen molar-refractivity contribution in [1.82, 2.24) is 0 Å². The number of carbonyl (C=O) groups is 1. The standard InChI is InChI=1S/C29H31ClN4O2/c1-16-23-7-5-20(30)12-19(23)13-24(16)27(35)32-21-6-4-18-15-28(10-8-22(36-3)9-11-28)29(25(18)14-21)33-17(2)26(31)34-29/h4-7,12,14,22H,8-11,13,15H2,1-3H3,(H2,31,34)(H,32,35). The van der Waals surface area contributed by atoms with Crippen LogP contribution in [-0.4, -0.2) is 30.7 Å². The van der Waals surface area contributed by atoms with E-state index in [0.29, 0.717) is 17.3 Å². The van der Waals surface area contributed by atoms with Gasteiger partial charge in [0.15, 0.2) is 5.66 Å². The Labute approximate surface area is 216 Å². The molecule has 0 saturated heterocycles. The van der Waals surface area contributed by atoms with Crippen LogP contribution in [0.4, 0.5) is 5.69 Å². The second-order valence-corrected chi connectivity index (χ2v) is 11.1. The van der Waals surface area contributed by atoms with Crippen molar-refractivity contribution in [3.05, 3.63) is 69.2 Å². The Balaban J connectivity index is 1.33. The van der Waals surface area contributed by atoms with Gasteiger partial charge >= 0.3 is 0 Å². The molecule has 0 radical (unpaired) electrons. The van der Waals surface area contributed by atoms with Gasteiger partial charge in [-0.3, -0.25) is 9.79 Å². The molecule has 1 amide bonds. The minimum Gasteiger partial charge on any atom is -0.382 e. The first kappa shape index (κ1) is 23.4. The molecule has 1 atom stereocenters. The van der Waals surface area contributed by atoms with Crippen LogP contribution in [0, 0.1) is 5.41 Å². The Hall–Kier alpha value is -2.96. The first-order chi connectivity index (χ1) is 17.2. The van der Waals surface area contributed by atoms with E-state index in [1.807, 2.05) is 38.1 Å². The third-order valence-electron chi connectivity index (χ3n) is 8.78. The van der Waals surface area contributed by atoms with Gasteiger partial charge in [0.2, 0.25) is 0 Å². The molecular formula is C29H31ClN4O2. The Kier molecular flexibility index (Phi) is 5.39. The Morgan fingerprint density at radius 3 is 2.58 bits per heavy atom. The lowest BCUT2D eigenvalue weighted by atomic mass is 9.65. The molecule has 3 aliphatic carbocycles. The van der Waals surface area contributed by atoms with Crippen LogP contribution in [0.1, 0.15) is 61.8 Å². The van der Waals surface area contributed by atoms with E-state index in [4.69, 9.17) is 32.1 Å². The highest BCUT2D eigenvalue weighted by Crippen LogP contribution is 2.62. The quantitative estimate of drug-likeness (QED) is 0.587. The van der Waals surface area contributed by atoms with Crippen molar-refractivity contribution in [3.63, 3.8) is 0 Å². The van der Waals surface area contributed by atoms with Crippen LogP contribution >= 0.6 is 11.6 Å². The molecule has 1 aliphatic heterocycles. The monoisotopic (exact) mass is 502 g/mol. The van der Waals surface area contributed by atoms with Crippen molar-refractivity contribution >= 4 is 40.3 Å². The molecule has 6 rings (SSSR count).